The van der Waals surface area contributed by atoms with E-state index in [0.717, 1.165) is 11.1 Å². The summed E-state index contributed by atoms with van der Waals surface area (Å²) in [6.07, 6.45) is 0. The lowest BCUT2D eigenvalue weighted by Crippen LogP contribution is -2.20. The van der Waals surface area contributed by atoms with Crippen molar-refractivity contribution in [3.05, 3.63) is 29.3 Å². The van der Waals surface area contributed by atoms with Crippen LogP contribution in [0.2, 0.25) is 0 Å². The van der Waals surface area contributed by atoms with Crippen LogP contribution in [0.1, 0.15) is 11.1 Å². The SMILES string of the molecule is CNCc1ccc(C)c(S(=O)(=O)NC)c1. The number of benzene rings is 1. The van der Waals surface area contributed by atoms with Crippen molar-refractivity contribution in [1.82, 2.24) is 10.0 Å². The van der Waals surface area contributed by atoms with E-state index in [1.807, 2.05) is 19.2 Å². The van der Waals surface area contributed by atoms with Gasteiger partial charge in [-0.05, 0) is 38.2 Å². The molecule has 5 heteroatoms. The third kappa shape index (κ3) is 2.77. The highest BCUT2D eigenvalue weighted by molar-refractivity contribution is 7.89. The Bertz CT molecular complexity index is 441. The van der Waals surface area contributed by atoms with Crippen LogP contribution >= 0.6 is 0 Å². The molecule has 0 fully saturated rings. The Morgan fingerprint density at radius 2 is 1.93 bits per heavy atom. The topological polar surface area (TPSA) is 58.2 Å². The van der Waals surface area contributed by atoms with Crippen LogP contribution in [0.3, 0.4) is 0 Å². The zero-order valence-electron chi connectivity index (χ0n) is 9.16. The second-order valence-electron chi connectivity index (χ2n) is 3.34. The van der Waals surface area contributed by atoms with Gasteiger partial charge in [0.1, 0.15) is 0 Å². The molecule has 0 aliphatic rings. The highest BCUT2D eigenvalue weighted by Crippen LogP contribution is 2.16. The Kier molecular flexibility index (Phi) is 3.84. The van der Waals surface area contributed by atoms with Gasteiger partial charge in [0.25, 0.3) is 0 Å². The van der Waals surface area contributed by atoms with Crippen molar-refractivity contribution >= 4 is 10.0 Å². The van der Waals surface area contributed by atoms with E-state index in [4.69, 9.17) is 0 Å². The lowest BCUT2D eigenvalue weighted by molar-refractivity contribution is 0.587. The number of nitrogens with one attached hydrogen (secondary N) is 2. The number of hydrogen-bond donors (Lipinski definition) is 2. The predicted molar refractivity (Wildman–Crippen MR) is 60.2 cm³/mol. The molecule has 0 saturated carbocycles. The van der Waals surface area contributed by atoms with E-state index in [1.54, 1.807) is 13.0 Å². The molecule has 15 heavy (non-hydrogen) atoms. The molecule has 4 nitrogen and oxygen atoms in total. The summed E-state index contributed by atoms with van der Waals surface area (Å²) in [5.41, 5.74) is 1.71. The van der Waals surface area contributed by atoms with Crippen LogP contribution in [0, 0.1) is 6.92 Å². The van der Waals surface area contributed by atoms with Crippen LogP contribution in [0.4, 0.5) is 0 Å². The molecule has 84 valence electrons. The Morgan fingerprint density at radius 1 is 1.27 bits per heavy atom. The molecule has 0 amide bonds. The second-order valence-corrected chi connectivity index (χ2v) is 5.19. The summed E-state index contributed by atoms with van der Waals surface area (Å²) in [5, 5.41) is 2.98. The first-order valence-electron chi connectivity index (χ1n) is 4.69. The van der Waals surface area contributed by atoms with Gasteiger partial charge >= 0.3 is 0 Å². The number of hydrogen-bond acceptors (Lipinski definition) is 3. The minimum Gasteiger partial charge on any atom is -0.316 e. The highest BCUT2D eigenvalue weighted by atomic mass is 32.2. The largest absolute Gasteiger partial charge is 0.316 e. The first-order valence-corrected chi connectivity index (χ1v) is 6.17. The molecule has 0 spiro atoms. The summed E-state index contributed by atoms with van der Waals surface area (Å²) in [6, 6.07) is 5.43. The van der Waals surface area contributed by atoms with Gasteiger partial charge in [-0.3, -0.25) is 0 Å². The van der Waals surface area contributed by atoms with Gasteiger partial charge in [-0.1, -0.05) is 12.1 Å². The molecule has 0 aromatic heterocycles. The number of rotatable bonds is 4. The molecule has 0 bridgehead atoms. The van der Waals surface area contributed by atoms with Gasteiger partial charge in [-0.15, -0.1) is 0 Å². The fourth-order valence-corrected chi connectivity index (χ4v) is 2.38. The average Bonchev–Trinajstić information content (AvgIpc) is 2.21. The van der Waals surface area contributed by atoms with Crippen LogP contribution in [0.5, 0.6) is 0 Å². The molecule has 0 atom stereocenters. The molecule has 0 aliphatic heterocycles. The lowest BCUT2D eigenvalue weighted by Gasteiger charge is -2.08. The molecule has 1 aromatic carbocycles. The summed E-state index contributed by atoms with van der Waals surface area (Å²) in [5.74, 6) is 0. The Balaban J connectivity index is 3.23. The van der Waals surface area contributed by atoms with E-state index in [1.165, 1.54) is 7.05 Å². The lowest BCUT2D eigenvalue weighted by atomic mass is 10.1. The summed E-state index contributed by atoms with van der Waals surface area (Å²) in [4.78, 5) is 0.345. The van der Waals surface area contributed by atoms with E-state index in [0.29, 0.717) is 11.4 Å². The first-order chi connectivity index (χ1) is 7.01. The van der Waals surface area contributed by atoms with Crippen molar-refractivity contribution in [3.8, 4) is 0 Å². The van der Waals surface area contributed by atoms with Crippen molar-refractivity contribution in [2.45, 2.75) is 18.4 Å². The molecule has 0 unspecified atom stereocenters. The van der Waals surface area contributed by atoms with Gasteiger partial charge in [-0.2, -0.15) is 0 Å². The van der Waals surface area contributed by atoms with Gasteiger partial charge in [-0.25, -0.2) is 13.1 Å². The molecule has 0 aliphatic carbocycles. The average molecular weight is 228 g/mol. The highest BCUT2D eigenvalue weighted by Gasteiger charge is 2.14. The fraction of sp³-hybridized carbons (Fsp3) is 0.400. The Morgan fingerprint density at radius 3 is 2.47 bits per heavy atom. The minimum absolute atomic E-state index is 0.345. The number of sulfonamides is 1. The van der Waals surface area contributed by atoms with Crippen LogP contribution in [-0.4, -0.2) is 22.5 Å². The monoisotopic (exact) mass is 228 g/mol. The van der Waals surface area contributed by atoms with Crippen LogP contribution < -0.4 is 10.0 Å². The van der Waals surface area contributed by atoms with E-state index in [2.05, 4.69) is 10.0 Å². The maximum atomic E-state index is 11.6. The van der Waals surface area contributed by atoms with Crippen molar-refractivity contribution in [2.24, 2.45) is 0 Å². The zero-order valence-corrected chi connectivity index (χ0v) is 9.98. The van der Waals surface area contributed by atoms with Gasteiger partial charge in [0.15, 0.2) is 0 Å². The normalized spacial score (nSPS) is 11.7. The van der Waals surface area contributed by atoms with Crippen LogP contribution in [0.25, 0.3) is 0 Å². The molecule has 1 aromatic rings. The third-order valence-corrected chi connectivity index (χ3v) is 3.75. The molecular formula is C10H16N2O2S. The standard InChI is InChI=1S/C10H16N2O2S/c1-8-4-5-9(7-11-2)6-10(8)15(13,14)12-3/h4-6,11-12H,7H2,1-3H3. The quantitative estimate of drug-likeness (QED) is 0.794. The number of aryl methyl sites for hydroxylation is 1. The van der Waals surface area contributed by atoms with E-state index >= 15 is 0 Å². The van der Waals surface area contributed by atoms with E-state index in [9.17, 15) is 8.42 Å². The molecular weight excluding hydrogens is 212 g/mol. The molecule has 0 saturated heterocycles. The Hall–Kier alpha value is -0.910. The van der Waals surface area contributed by atoms with Gasteiger partial charge < -0.3 is 5.32 Å². The molecule has 2 N–H and O–H groups in total. The van der Waals surface area contributed by atoms with Crippen molar-refractivity contribution in [1.29, 1.82) is 0 Å². The molecule has 0 radical (unpaired) electrons. The van der Waals surface area contributed by atoms with Gasteiger partial charge in [0, 0.05) is 6.54 Å². The van der Waals surface area contributed by atoms with Gasteiger partial charge in [0.2, 0.25) is 10.0 Å². The fourth-order valence-electron chi connectivity index (χ4n) is 1.36. The van der Waals surface area contributed by atoms with E-state index < -0.39 is 10.0 Å². The molecule has 1 rings (SSSR count). The zero-order chi connectivity index (χ0) is 11.5. The van der Waals surface area contributed by atoms with Gasteiger partial charge in [0.05, 0.1) is 4.90 Å². The van der Waals surface area contributed by atoms with Crippen molar-refractivity contribution < 1.29 is 8.42 Å². The van der Waals surface area contributed by atoms with Crippen LogP contribution in [0.15, 0.2) is 23.1 Å². The smallest absolute Gasteiger partial charge is 0.240 e. The Labute approximate surface area is 90.8 Å². The summed E-state index contributed by atoms with van der Waals surface area (Å²) in [6.45, 7) is 2.44. The first kappa shape index (κ1) is 12.2. The summed E-state index contributed by atoms with van der Waals surface area (Å²) < 4.78 is 25.6. The van der Waals surface area contributed by atoms with Crippen molar-refractivity contribution in [2.75, 3.05) is 14.1 Å². The third-order valence-electron chi connectivity index (χ3n) is 2.19. The molecule has 0 heterocycles. The summed E-state index contributed by atoms with van der Waals surface area (Å²) >= 11 is 0. The minimum atomic E-state index is -3.35. The second kappa shape index (κ2) is 4.74. The van der Waals surface area contributed by atoms with E-state index in [-0.39, 0.29) is 0 Å². The maximum Gasteiger partial charge on any atom is 0.240 e. The maximum absolute atomic E-state index is 11.6. The van der Waals surface area contributed by atoms with Crippen LogP contribution in [-0.2, 0) is 16.6 Å². The predicted octanol–water partition coefficient (Wildman–Crippen LogP) is 0.623. The van der Waals surface area contributed by atoms with Crippen molar-refractivity contribution in [3.63, 3.8) is 0 Å². The summed E-state index contributed by atoms with van der Waals surface area (Å²) in [7, 11) is -0.106.